The summed E-state index contributed by atoms with van der Waals surface area (Å²) in [5, 5.41) is 5.58. The molecule has 2 aromatic carbocycles. The van der Waals surface area contributed by atoms with Crippen LogP contribution in [0.5, 0.6) is 0 Å². The Morgan fingerprint density at radius 1 is 1.08 bits per heavy atom. The monoisotopic (exact) mass is 356 g/mol. The van der Waals surface area contributed by atoms with Gasteiger partial charge < -0.3 is 4.42 Å². The summed E-state index contributed by atoms with van der Waals surface area (Å²) < 4.78 is 27.8. The Morgan fingerprint density at radius 3 is 2.52 bits per heavy atom. The molecule has 128 valence electrons. The van der Waals surface area contributed by atoms with E-state index in [1.54, 1.807) is 36.4 Å². The fourth-order valence-electron chi connectivity index (χ4n) is 2.38. The van der Waals surface area contributed by atoms with Crippen LogP contribution in [0.4, 0.5) is 0 Å². The second-order valence-electron chi connectivity index (χ2n) is 5.49. The Bertz CT molecular complexity index is 1080. The van der Waals surface area contributed by atoms with Crippen molar-refractivity contribution in [3.8, 4) is 0 Å². The SMILES string of the molecule is NS(=O)(=O)c1ccc(CCN=Cc2coc3ccccc3c2=O)cc1. The molecule has 0 bridgehead atoms. The van der Waals surface area contributed by atoms with E-state index in [1.165, 1.54) is 24.6 Å². The van der Waals surface area contributed by atoms with Gasteiger partial charge in [0.05, 0.1) is 15.8 Å². The van der Waals surface area contributed by atoms with Crippen molar-refractivity contribution in [3.63, 3.8) is 0 Å². The summed E-state index contributed by atoms with van der Waals surface area (Å²) in [6, 6.07) is 13.4. The third-order valence-electron chi connectivity index (χ3n) is 3.72. The van der Waals surface area contributed by atoms with Crippen LogP contribution in [-0.4, -0.2) is 21.2 Å². The van der Waals surface area contributed by atoms with Crippen molar-refractivity contribution in [1.82, 2.24) is 0 Å². The maximum Gasteiger partial charge on any atom is 0.238 e. The lowest BCUT2D eigenvalue weighted by Crippen LogP contribution is -2.11. The van der Waals surface area contributed by atoms with Gasteiger partial charge in [0.25, 0.3) is 0 Å². The standard InChI is InChI=1S/C18H16N2O4S/c19-25(22,23)15-7-5-13(6-8-15)9-10-20-11-14-12-24-17-4-2-1-3-16(17)18(14)21/h1-8,11-12H,9-10H2,(H2,19,22,23). The molecule has 1 aromatic heterocycles. The number of fused-ring (bicyclic) bond motifs is 1. The van der Waals surface area contributed by atoms with Gasteiger partial charge >= 0.3 is 0 Å². The van der Waals surface area contributed by atoms with Crippen molar-refractivity contribution in [1.29, 1.82) is 0 Å². The Morgan fingerprint density at radius 2 is 1.80 bits per heavy atom. The molecule has 3 aromatic rings. The number of para-hydroxylation sites is 1. The van der Waals surface area contributed by atoms with Crippen molar-refractivity contribution < 1.29 is 12.8 Å². The number of nitrogens with two attached hydrogens (primary N) is 1. The van der Waals surface area contributed by atoms with Crippen molar-refractivity contribution in [3.05, 3.63) is 76.1 Å². The van der Waals surface area contributed by atoms with Crippen LogP contribution in [0.25, 0.3) is 11.0 Å². The van der Waals surface area contributed by atoms with Crippen LogP contribution in [0.3, 0.4) is 0 Å². The zero-order valence-corrected chi connectivity index (χ0v) is 14.1. The molecule has 0 spiro atoms. The molecule has 1 heterocycles. The Hall–Kier alpha value is -2.77. The summed E-state index contributed by atoms with van der Waals surface area (Å²) in [4.78, 5) is 16.6. The highest BCUT2D eigenvalue weighted by Crippen LogP contribution is 2.10. The number of hydrogen-bond donors (Lipinski definition) is 1. The van der Waals surface area contributed by atoms with Gasteiger partial charge in [0.2, 0.25) is 15.5 Å². The molecule has 0 fully saturated rings. The summed E-state index contributed by atoms with van der Waals surface area (Å²) >= 11 is 0. The van der Waals surface area contributed by atoms with Crippen LogP contribution < -0.4 is 10.6 Å². The van der Waals surface area contributed by atoms with E-state index in [0.29, 0.717) is 29.5 Å². The predicted octanol–water partition coefficient (Wildman–Crippen LogP) is 2.10. The van der Waals surface area contributed by atoms with Gasteiger partial charge in [-0.05, 0) is 36.2 Å². The van der Waals surface area contributed by atoms with E-state index in [4.69, 9.17) is 9.56 Å². The van der Waals surface area contributed by atoms with Gasteiger partial charge in [-0.25, -0.2) is 13.6 Å². The first kappa shape index (κ1) is 17.1. The molecule has 0 atom stereocenters. The van der Waals surface area contributed by atoms with Crippen LogP contribution in [0, 0.1) is 0 Å². The first-order chi connectivity index (χ1) is 11.9. The maximum atomic E-state index is 12.3. The highest BCUT2D eigenvalue weighted by atomic mass is 32.2. The summed E-state index contributed by atoms with van der Waals surface area (Å²) in [7, 11) is -3.68. The quantitative estimate of drug-likeness (QED) is 0.707. The summed E-state index contributed by atoms with van der Waals surface area (Å²) in [5.74, 6) is 0. The Kier molecular flexibility index (Phi) is 4.78. The molecule has 0 aliphatic rings. The fourth-order valence-corrected chi connectivity index (χ4v) is 2.90. The van der Waals surface area contributed by atoms with E-state index >= 15 is 0 Å². The molecular formula is C18H16N2O4S. The average Bonchev–Trinajstić information content (AvgIpc) is 2.60. The highest BCUT2D eigenvalue weighted by molar-refractivity contribution is 7.89. The third-order valence-corrected chi connectivity index (χ3v) is 4.65. The van der Waals surface area contributed by atoms with Gasteiger partial charge in [0.1, 0.15) is 11.8 Å². The molecule has 0 unspecified atom stereocenters. The molecule has 0 radical (unpaired) electrons. The predicted molar refractivity (Wildman–Crippen MR) is 96.5 cm³/mol. The van der Waals surface area contributed by atoms with Gasteiger partial charge in [-0.15, -0.1) is 0 Å². The number of hydrogen-bond acceptors (Lipinski definition) is 5. The minimum atomic E-state index is -3.68. The molecule has 2 N–H and O–H groups in total. The molecule has 25 heavy (non-hydrogen) atoms. The first-order valence-corrected chi connectivity index (χ1v) is 9.12. The molecule has 7 heteroatoms. The van der Waals surface area contributed by atoms with E-state index in [9.17, 15) is 13.2 Å². The molecule has 3 rings (SSSR count). The van der Waals surface area contributed by atoms with Gasteiger partial charge in [0.15, 0.2) is 0 Å². The molecule has 0 amide bonds. The zero-order chi connectivity index (χ0) is 17.9. The van der Waals surface area contributed by atoms with E-state index < -0.39 is 10.0 Å². The summed E-state index contributed by atoms with van der Waals surface area (Å²) in [6.45, 7) is 0.459. The summed E-state index contributed by atoms with van der Waals surface area (Å²) in [5.41, 5.74) is 1.74. The lowest BCUT2D eigenvalue weighted by atomic mass is 10.1. The third kappa shape index (κ3) is 4.01. The molecule has 0 saturated carbocycles. The van der Waals surface area contributed by atoms with E-state index in [-0.39, 0.29) is 10.3 Å². The molecule has 0 saturated heterocycles. The van der Waals surface area contributed by atoms with E-state index in [2.05, 4.69) is 4.99 Å². The lowest BCUT2D eigenvalue weighted by molar-refractivity contribution is 0.597. The van der Waals surface area contributed by atoms with Gasteiger partial charge in [0, 0.05) is 12.8 Å². The normalized spacial score (nSPS) is 12.0. The Labute approximate surface area is 144 Å². The maximum absolute atomic E-state index is 12.3. The van der Waals surface area contributed by atoms with Gasteiger partial charge in [-0.1, -0.05) is 24.3 Å². The van der Waals surface area contributed by atoms with E-state index in [0.717, 1.165) is 5.56 Å². The second kappa shape index (κ2) is 7.00. The van der Waals surface area contributed by atoms with Crippen molar-refractivity contribution >= 4 is 27.2 Å². The topological polar surface area (TPSA) is 103 Å². The van der Waals surface area contributed by atoms with Crippen LogP contribution >= 0.6 is 0 Å². The molecular weight excluding hydrogens is 340 g/mol. The largest absolute Gasteiger partial charge is 0.463 e. The number of aliphatic imine (C=N–C) groups is 1. The summed E-state index contributed by atoms with van der Waals surface area (Å²) in [6.07, 6.45) is 3.51. The van der Waals surface area contributed by atoms with Gasteiger partial charge in [-0.2, -0.15) is 0 Å². The minimum absolute atomic E-state index is 0.0773. The van der Waals surface area contributed by atoms with Crippen LogP contribution in [0.1, 0.15) is 11.1 Å². The number of primary sulfonamides is 1. The van der Waals surface area contributed by atoms with E-state index in [1.807, 2.05) is 0 Å². The first-order valence-electron chi connectivity index (χ1n) is 7.57. The minimum Gasteiger partial charge on any atom is -0.463 e. The zero-order valence-electron chi connectivity index (χ0n) is 13.3. The van der Waals surface area contributed by atoms with Crippen LogP contribution in [0.2, 0.25) is 0 Å². The fraction of sp³-hybridized carbons (Fsp3) is 0.111. The lowest BCUT2D eigenvalue weighted by Gasteiger charge is -2.01. The van der Waals surface area contributed by atoms with Crippen molar-refractivity contribution in [2.45, 2.75) is 11.3 Å². The number of sulfonamides is 1. The molecule has 0 aliphatic carbocycles. The average molecular weight is 356 g/mol. The van der Waals surface area contributed by atoms with Crippen molar-refractivity contribution in [2.24, 2.45) is 10.1 Å². The van der Waals surface area contributed by atoms with Crippen LogP contribution in [0.15, 0.2) is 73.9 Å². The smallest absolute Gasteiger partial charge is 0.238 e. The number of rotatable bonds is 5. The van der Waals surface area contributed by atoms with Crippen LogP contribution in [-0.2, 0) is 16.4 Å². The molecule has 0 aliphatic heterocycles. The number of benzene rings is 2. The highest BCUT2D eigenvalue weighted by Gasteiger charge is 2.06. The molecule has 6 nitrogen and oxygen atoms in total. The van der Waals surface area contributed by atoms with Crippen molar-refractivity contribution in [2.75, 3.05) is 6.54 Å². The number of nitrogens with zero attached hydrogens (tertiary/aromatic N) is 1. The Balaban J connectivity index is 1.68. The van der Waals surface area contributed by atoms with Gasteiger partial charge in [-0.3, -0.25) is 9.79 Å². The second-order valence-corrected chi connectivity index (χ2v) is 7.05.